The van der Waals surface area contributed by atoms with Crippen LogP contribution in [0.3, 0.4) is 0 Å². The summed E-state index contributed by atoms with van der Waals surface area (Å²) in [7, 11) is 0. The molecule has 2 nitrogen and oxygen atoms in total. The fourth-order valence-corrected chi connectivity index (χ4v) is 2.93. The van der Waals surface area contributed by atoms with Crippen molar-refractivity contribution in [1.82, 2.24) is 0 Å². The highest BCUT2D eigenvalue weighted by atomic mass is 32.2. The van der Waals surface area contributed by atoms with E-state index in [4.69, 9.17) is 5.11 Å². The van der Waals surface area contributed by atoms with Crippen LogP contribution in [-0.2, 0) is 11.0 Å². The summed E-state index contributed by atoms with van der Waals surface area (Å²) < 4.78 is 39.6. The summed E-state index contributed by atoms with van der Waals surface area (Å²) >= 11 is 0.905. The number of carbonyl (C=O) groups is 1. The molecule has 0 radical (unpaired) electrons. The number of aliphatic carboxylic acids is 1. The van der Waals surface area contributed by atoms with Gasteiger partial charge in [0, 0.05) is 10.6 Å². The standard InChI is InChI=1S/C16H13F3O2S/c17-16(18,19)13-10-12(11-4-2-1-3-5-11)6-7-14(13)22-9-8-15(20)21/h1-7,10H,8-9H2,(H,20,21). The number of carboxylic acids is 1. The maximum atomic E-state index is 13.2. The minimum Gasteiger partial charge on any atom is -0.481 e. The number of hydrogen-bond acceptors (Lipinski definition) is 2. The van der Waals surface area contributed by atoms with Crippen molar-refractivity contribution >= 4 is 17.7 Å². The second-order valence-electron chi connectivity index (χ2n) is 4.57. The van der Waals surface area contributed by atoms with Crippen LogP contribution in [0, 0.1) is 0 Å². The van der Waals surface area contributed by atoms with Gasteiger partial charge >= 0.3 is 12.1 Å². The lowest BCUT2D eigenvalue weighted by molar-refractivity contribution is -0.139. The Morgan fingerprint density at radius 1 is 1.05 bits per heavy atom. The quantitative estimate of drug-likeness (QED) is 0.791. The average molecular weight is 326 g/mol. The van der Waals surface area contributed by atoms with Gasteiger partial charge in [-0.2, -0.15) is 13.2 Å². The van der Waals surface area contributed by atoms with Crippen LogP contribution in [0.1, 0.15) is 12.0 Å². The summed E-state index contributed by atoms with van der Waals surface area (Å²) in [4.78, 5) is 10.5. The summed E-state index contributed by atoms with van der Waals surface area (Å²) in [5.41, 5.74) is 0.454. The van der Waals surface area contributed by atoms with Crippen molar-refractivity contribution < 1.29 is 23.1 Å². The molecule has 0 aliphatic rings. The van der Waals surface area contributed by atoms with E-state index in [2.05, 4.69) is 0 Å². The summed E-state index contributed by atoms with van der Waals surface area (Å²) in [6, 6.07) is 12.9. The molecule has 116 valence electrons. The van der Waals surface area contributed by atoms with E-state index in [1.807, 2.05) is 0 Å². The first-order valence-corrected chi connectivity index (χ1v) is 7.48. The van der Waals surface area contributed by atoms with Crippen LogP contribution in [-0.4, -0.2) is 16.8 Å². The molecule has 0 saturated heterocycles. The molecule has 0 saturated carbocycles. The molecule has 0 aliphatic carbocycles. The zero-order chi connectivity index (χ0) is 16.2. The molecule has 0 unspecified atom stereocenters. The third kappa shape index (κ3) is 4.27. The normalized spacial score (nSPS) is 11.4. The van der Waals surface area contributed by atoms with E-state index < -0.39 is 17.7 Å². The predicted octanol–water partition coefficient (Wildman–Crippen LogP) is 4.94. The molecule has 0 fully saturated rings. The minimum atomic E-state index is -4.48. The van der Waals surface area contributed by atoms with Gasteiger partial charge in [-0.3, -0.25) is 4.79 Å². The highest BCUT2D eigenvalue weighted by Crippen LogP contribution is 2.39. The van der Waals surface area contributed by atoms with E-state index in [-0.39, 0.29) is 17.1 Å². The molecule has 0 heterocycles. The van der Waals surface area contributed by atoms with E-state index in [1.54, 1.807) is 36.4 Å². The molecule has 2 rings (SSSR count). The summed E-state index contributed by atoms with van der Waals surface area (Å²) in [6.45, 7) is 0. The van der Waals surface area contributed by atoms with Crippen LogP contribution in [0.5, 0.6) is 0 Å². The summed E-state index contributed by atoms with van der Waals surface area (Å²) in [5.74, 6) is -0.926. The van der Waals surface area contributed by atoms with Gasteiger partial charge in [0.25, 0.3) is 0 Å². The Labute approximate surface area is 130 Å². The Bertz CT molecular complexity index is 654. The highest BCUT2D eigenvalue weighted by molar-refractivity contribution is 7.99. The van der Waals surface area contributed by atoms with E-state index in [0.717, 1.165) is 17.8 Å². The average Bonchev–Trinajstić information content (AvgIpc) is 2.47. The number of thioether (sulfide) groups is 1. The molecule has 0 spiro atoms. The maximum absolute atomic E-state index is 13.2. The van der Waals surface area contributed by atoms with Gasteiger partial charge in [0.15, 0.2) is 0 Å². The molecule has 0 aliphatic heterocycles. The number of hydrogen-bond donors (Lipinski definition) is 1. The molecule has 1 N–H and O–H groups in total. The molecular weight excluding hydrogens is 313 g/mol. The lowest BCUT2D eigenvalue weighted by Gasteiger charge is -2.14. The van der Waals surface area contributed by atoms with Gasteiger partial charge < -0.3 is 5.11 Å². The fraction of sp³-hybridized carbons (Fsp3) is 0.188. The van der Waals surface area contributed by atoms with Crippen molar-refractivity contribution in [2.45, 2.75) is 17.5 Å². The molecule has 22 heavy (non-hydrogen) atoms. The van der Waals surface area contributed by atoms with Crippen LogP contribution in [0.25, 0.3) is 11.1 Å². The second kappa shape index (κ2) is 6.87. The van der Waals surface area contributed by atoms with Gasteiger partial charge in [-0.05, 0) is 23.3 Å². The van der Waals surface area contributed by atoms with Crippen LogP contribution >= 0.6 is 11.8 Å². The Balaban J connectivity index is 2.33. The third-order valence-corrected chi connectivity index (χ3v) is 4.04. The van der Waals surface area contributed by atoms with Crippen molar-refractivity contribution in [3.05, 3.63) is 54.1 Å². The highest BCUT2D eigenvalue weighted by Gasteiger charge is 2.33. The lowest BCUT2D eigenvalue weighted by Crippen LogP contribution is -2.07. The van der Waals surface area contributed by atoms with Crippen molar-refractivity contribution in [1.29, 1.82) is 0 Å². The fourth-order valence-electron chi connectivity index (χ4n) is 1.94. The minimum absolute atomic E-state index is 0.0495. The van der Waals surface area contributed by atoms with Gasteiger partial charge in [0.05, 0.1) is 12.0 Å². The van der Waals surface area contributed by atoms with E-state index in [0.29, 0.717) is 11.1 Å². The molecule has 2 aromatic carbocycles. The van der Waals surface area contributed by atoms with Crippen LogP contribution in [0.4, 0.5) is 13.2 Å². The number of rotatable bonds is 5. The molecule has 0 aromatic heterocycles. The molecule has 0 atom stereocenters. The topological polar surface area (TPSA) is 37.3 Å². The van der Waals surface area contributed by atoms with Gasteiger partial charge in [-0.15, -0.1) is 11.8 Å². The zero-order valence-electron chi connectivity index (χ0n) is 11.4. The van der Waals surface area contributed by atoms with Crippen molar-refractivity contribution in [3.8, 4) is 11.1 Å². The number of halogens is 3. The smallest absolute Gasteiger partial charge is 0.417 e. The number of benzene rings is 2. The third-order valence-electron chi connectivity index (χ3n) is 2.97. The maximum Gasteiger partial charge on any atom is 0.417 e. The largest absolute Gasteiger partial charge is 0.481 e. The summed E-state index contributed by atoms with van der Waals surface area (Å²) in [5, 5.41) is 8.58. The second-order valence-corrected chi connectivity index (χ2v) is 5.70. The first-order chi connectivity index (χ1) is 10.4. The molecule has 6 heteroatoms. The van der Waals surface area contributed by atoms with Gasteiger partial charge in [0.1, 0.15) is 0 Å². The molecule has 0 amide bonds. The summed E-state index contributed by atoms with van der Waals surface area (Å²) in [6.07, 6.45) is -4.65. The Kier molecular flexibility index (Phi) is 5.13. The van der Waals surface area contributed by atoms with E-state index in [1.165, 1.54) is 6.07 Å². The van der Waals surface area contributed by atoms with Crippen LogP contribution in [0.15, 0.2) is 53.4 Å². The van der Waals surface area contributed by atoms with Gasteiger partial charge in [-0.1, -0.05) is 36.4 Å². The Morgan fingerprint density at radius 2 is 1.73 bits per heavy atom. The molecule has 2 aromatic rings. The Morgan fingerprint density at radius 3 is 2.32 bits per heavy atom. The first kappa shape index (κ1) is 16.4. The van der Waals surface area contributed by atoms with Crippen molar-refractivity contribution in [3.63, 3.8) is 0 Å². The SMILES string of the molecule is O=C(O)CCSc1ccc(-c2ccccc2)cc1C(F)(F)F. The molecular formula is C16H13F3O2S. The Hall–Kier alpha value is -1.95. The first-order valence-electron chi connectivity index (χ1n) is 6.49. The lowest BCUT2D eigenvalue weighted by atomic mass is 10.0. The van der Waals surface area contributed by atoms with Gasteiger partial charge in [0.2, 0.25) is 0 Å². The predicted molar refractivity (Wildman–Crippen MR) is 79.9 cm³/mol. The van der Waals surface area contributed by atoms with Gasteiger partial charge in [-0.25, -0.2) is 0 Å². The van der Waals surface area contributed by atoms with E-state index >= 15 is 0 Å². The number of carboxylic acid groups (broad SMARTS) is 1. The zero-order valence-corrected chi connectivity index (χ0v) is 12.2. The monoisotopic (exact) mass is 326 g/mol. The van der Waals surface area contributed by atoms with Crippen molar-refractivity contribution in [2.75, 3.05) is 5.75 Å². The van der Waals surface area contributed by atoms with Crippen LogP contribution < -0.4 is 0 Å². The van der Waals surface area contributed by atoms with Crippen LogP contribution in [0.2, 0.25) is 0 Å². The molecule has 0 bridgehead atoms. The van der Waals surface area contributed by atoms with E-state index in [9.17, 15) is 18.0 Å². The van der Waals surface area contributed by atoms with Crippen molar-refractivity contribution in [2.24, 2.45) is 0 Å². The number of alkyl halides is 3.